The fraction of sp³-hybridized carbons (Fsp3) is 0.750. The van der Waals surface area contributed by atoms with Crippen LogP contribution < -0.4 is 5.32 Å². The maximum atomic E-state index is 5.44. The average Bonchev–Trinajstić information content (AvgIpc) is 2.15. The van der Waals surface area contributed by atoms with E-state index in [0.717, 1.165) is 25.3 Å². The molecule has 0 aliphatic carbocycles. The van der Waals surface area contributed by atoms with Gasteiger partial charge in [-0.25, -0.2) is 9.78 Å². The predicted octanol–water partition coefficient (Wildman–Crippen LogP) is 0.109. The number of rotatable bonds is 4. The Balaban J connectivity index is 2.20. The van der Waals surface area contributed by atoms with E-state index in [-0.39, 0.29) is 6.10 Å². The first-order valence-electron chi connectivity index (χ1n) is 4.00. The molecule has 1 rings (SSSR count). The van der Waals surface area contributed by atoms with Gasteiger partial charge in [0, 0.05) is 13.1 Å². The third kappa shape index (κ3) is 2.91. The van der Waals surface area contributed by atoms with Crippen molar-refractivity contribution in [2.24, 2.45) is 0 Å². The number of hydrogen-bond acceptors (Lipinski definition) is 4. The van der Waals surface area contributed by atoms with Gasteiger partial charge in [0.2, 0.25) is 0 Å². The van der Waals surface area contributed by atoms with Crippen LogP contribution in [0.2, 0.25) is 0 Å². The molecule has 0 aromatic heterocycles. The maximum absolute atomic E-state index is 5.44. The molecule has 1 unspecified atom stereocenters. The van der Waals surface area contributed by atoms with E-state index in [0.29, 0.717) is 6.61 Å². The SMILES string of the molecule is C=C(COOC)C1CNCCO1. The zero-order valence-corrected chi connectivity index (χ0v) is 7.34. The summed E-state index contributed by atoms with van der Waals surface area (Å²) in [7, 11) is 1.48. The molecule has 1 heterocycles. The van der Waals surface area contributed by atoms with E-state index in [2.05, 4.69) is 16.8 Å². The van der Waals surface area contributed by atoms with Crippen LogP contribution in [0, 0.1) is 0 Å². The summed E-state index contributed by atoms with van der Waals surface area (Å²) in [5.41, 5.74) is 0.907. The summed E-state index contributed by atoms with van der Waals surface area (Å²) in [5.74, 6) is 0. The second kappa shape index (κ2) is 5.27. The van der Waals surface area contributed by atoms with Crippen molar-refractivity contribution in [3.8, 4) is 0 Å². The van der Waals surface area contributed by atoms with Gasteiger partial charge < -0.3 is 10.1 Å². The van der Waals surface area contributed by atoms with E-state index >= 15 is 0 Å². The lowest BCUT2D eigenvalue weighted by Gasteiger charge is -2.24. The predicted molar refractivity (Wildman–Crippen MR) is 44.7 cm³/mol. The third-order valence-corrected chi connectivity index (χ3v) is 1.75. The van der Waals surface area contributed by atoms with Crippen molar-refractivity contribution < 1.29 is 14.5 Å². The molecule has 0 aromatic carbocycles. The molecule has 1 aliphatic heterocycles. The van der Waals surface area contributed by atoms with Gasteiger partial charge in [0.15, 0.2) is 0 Å². The van der Waals surface area contributed by atoms with Gasteiger partial charge in [0.05, 0.1) is 19.8 Å². The number of morpholine rings is 1. The monoisotopic (exact) mass is 173 g/mol. The van der Waals surface area contributed by atoms with Crippen molar-refractivity contribution in [3.05, 3.63) is 12.2 Å². The molecule has 1 aliphatic rings. The van der Waals surface area contributed by atoms with Gasteiger partial charge in [0.25, 0.3) is 0 Å². The van der Waals surface area contributed by atoms with Gasteiger partial charge in [-0.15, -0.1) is 0 Å². The minimum atomic E-state index is 0.0638. The van der Waals surface area contributed by atoms with Crippen molar-refractivity contribution in [2.45, 2.75) is 6.10 Å². The normalized spacial score (nSPS) is 23.9. The summed E-state index contributed by atoms with van der Waals surface area (Å²) in [5, 5.41) is 3.21. The highest BCUT2D eigenvalue weighted by atomic mass is 17.2. The first-order valence-corrected chi connectivity index (χ1v) is 4.00. The first-order chi connectivity index (χ1) is 5.84. The number of nitrogens with one attached hydrogen (secondary N) is 1. The zero-order chi connectivity index (χ0) is 8.81. The second-order valence-electron chi connectivity index (χ2n) is 2.65. The molecule has 12 heavy (non-hydrogen) atoms. The smallest absolute Gasteiger partial charge is 0.106 e. The van der Waals surface area contributed by atoms with E-state index in [1.165, 1.54) is 7.11 Å². The zero-order valence-electron chi connectivity index (χ0n) is 7.34. The summed E-state index contributed by atoms with van der Waals surface area (Å²) in [6.45, 7) is 6.69. The van der Waals surface area contributed by atoms with Crippen LogP contribution in [-0.2, 0) is 14.5 Å². The quantitative estimate of drug-likeness (QED) is 0.372. The maximum Gasteiger partial charge on any atom is 0.106 e. The van der Waals surface area contributed by atoms with Crippen LogP contribution in [0.15, 0.2) is 12.2 Å². The molecule has 1 fully saturated rings. The molecule has 0 spiro atoms. The Morgan fingerprint density at radius 2 is 2.58 bits per heavy atom. The molecule has 70 valence electrons. The molecular formula is C8H15NO3. The van der Waals surface area contributed by atoms with E-state index < -0.39 is 0 Å². The van der Waals surface area contributed by atoms with Crippen molar-refractivity contribution >= 4 is 0 Å². The van der Waals surface area contributed by atoms with Crippen molar-refractivity contribution in [1.29, 1.82) is 0 Å². The van der Waals surface area contributed by atoms with E-state index in [4.69, 9.17) is 9.62 Å². The first kappa shape index (κ1) is 9.67. The van der Waals surface area contributed by atoms with Crippen molar-refractivity contribution in [3.63, 3.8) is 0 Å². The number of ether oxygens (including phenoxy) is 1. The molecule has 0 amide bonds. The van der Waals surface area contributed by atoms with Gasteiger partial charge >= 0.3 is 0 Å². The molecule has 0 radical (unpaired) electrons. The summed E-state index contributed by atoms with van der Waals surface area (Å²) in [4.78, 5) is 9.21. The lowest BCUT2D eigenvalue weighted by atomic mass is 10.1. The van der Waals surface area contributed by atoms with Crippen molar-refractivity contribution in [1.82, 2.24) is 5.32 Å². The molecule has 4 nitrogen and oxygen atoms in total. The van der Waals surface area contributed by atoms with E-state index in [9.17, 15) is 0 Å². The second-order valence-corrected chi connectivity index (χ2v) is 2.65. The standard InChI is InChI=1S/C8H15NO3/c1-7(6-12-10-2)8-5-9-3-4-11-8/h8-9H,1,3-6H2,2H3. The summed E-state index contributed by atoms with van der Waals surface area (Å²) < 4.78 is 5.44. The summed E-state index contributed by atoms with van der Waals surface area (Å²) in [6.07, 6.45) is 0.0638. The van der Waals surface area contributed by atoms with Crippen LogP contribution in [0.3, 0.4) is 0 Å². The Labute approximate surface area is 72.4 Å². The third-order valence-electron chi connectivity index (χ3n) is 1.75. The Morgan fingerprint density at radius 1 is 1.75 bits per heavy atom. The molecule has 1 N–H and O–H groups in total. The highest BCUT2D eigenvalue weighted by Gasteiger charge is 2.16. The van der Waals surface area contributed by atoms with Gasteiger partial charge in [-0.3, -0.25) is 0 Å². The van der Waals surface area contributed by atoms with Crippen LogP contribution in [0.5, 0.6) is 0 Å². The average molecular weight is 173 g/mol. The van der Waals surface area contributed by atoms with Crippen LogP contribution in [0.4, 0.5) is 0 Å². The largest absolute Gasteiger partial charge is 0.371 e. The minimum Gasteiger partial charge on any atom is -0.371 e. The Morgan fingerprint density at radius 3 is 3.17 bits per heavy atom. The fourth-order valence-corrected chi connectivity index (χ4v) is 1.06. The van der Waals surface area contributed by atoms with Crippen LogP contribution in [0.1, 0.15) is 0 Å². The molecule has 1 atom stereocenters. The Hall–Kier alpha value is -0.420. The van der Waals surface area contributed by atoms with Gasteiger partial charge in [-0.05, 0) is 5.57 Å². The molecule has 0 bridgehead atoms. The van der Waals surface area contributed by atoms with Crippen LogP contribution in [0.25, 0.3) is 0 Å². The lowest BCUT2D eigenvalue weighted by Crippen LogP contribution is -2.40. The van der Waals surface area contributed by atoms with Crippen LogP contribution in [-0.4, -0.2) is 39.5 Å². The topological polar surface area (TPSA) is 39.7 Å². The highest BCUT2D eigenvalue weighted by molar-refractivity contribution is 5.04. The minimum absolute atomic E-state index is 0.0638. The summed E-state index contributed by atoms with van der Waals surface area (Å²) in [6, 6.07) is 0. The summed E-state index contributed by atoms with van der Waals surface area (Å²) >= 11 is 0. The van der Waals surface area contributed by atoms with Crippen LogP contribution >= 0.6 is 0 Å². The Bertz CT molecular complexity index is 143. The highest BCUT2D eigenvalue weighted by Crippen LogP contribution is 2.06. The Kier molecular flexibility index (Phi) is 4.24. The van der Waals surface area contributed by atoms with Gasteiger partial charge in [-0.2, -0.15) is 0 Å². The lowest BCUT2D eigenvalue weighted by molar-refractivity contribution is -0.266. The number of hydrogen-bond donors (Lipinski definition) is 1. The van der Waals surface area contributed by atoms with Crippen molar-refractivity contribution in [2.75, 3.05) is 33.4 Å². The van der Waals surface area contributed by atoms with E-state index in [1.807, 2.05) is 0 Å². The van der Waals surface area contributed by atoms with Gasteiger partial charge in [-0.1, -0.05) is 6.58 Å². The molecular weight excluding hydrogens is 158 g/mol. The molecule has 0 aromatic rings. The van der Waals surface area contributed by atoms with E-state index in [1.54, 1.807) is 0 Å². The van der Waals surface area contributed by atoms with Gasteiger partial charge in [0.1, 0.15) is 6.61 Å². The molecule has 1 saturated heterocycles. The molecule has 4 heteroatoms. The fourth-order valence-electron chi connectivity index (χ4n) is 1.06. The molecule has 0 saturated carbocycles.